The Morgan fingerprint density at radius 3 is 2.29 bits per heavy atom. The molecule has 0 spiro atoms. The summed E-state index contributed by atoms with van der Waals surface area (Å²) in [6, 6.07) is 20.5. The lowest BCUT2D eigenvalue weighted by molar-refractivity contribution is -0.123. The minimum atomic E-state index is -0.236. The summed E-state index contributed by atoms with van der Waals surface area (Å²) < 4.78 is 2.25. The van der Waals surface area contributed by atoms with Crippen LogP contribution in [0, 0.1) is 34.6 Å². The van der Waals surface area contributed by atoms with Crippen LogP contribution in [0.1, 0.15) is 39.2 Å². The largest absolute Gasteiger partial charge is 0.317 e. The van der Waals surface area contributed by atoms with Crippen LogP contribution < -0.4 is 0 Å². The molecule has 5 heteroatoms. The number of aromatic nitrogens is 1. The molecule has 0 bridgehead atoms. The minimum Gasteiger partial charge on any atom is -0.317 e. The van der Waals surface area contributed by atoms with Crippen molar-refractivity contribution in [3.05, 3.63) is 105 Å². The molecule has 4 aromatic rings. The summed E-state index contributed by atoms with van der Waals surface area (Å²) in [4.78, 5) is 28.0. The van der Waals surface area contributed by atoms with E-state index >= 15 is 0 Å². The molecular formula is C30H28N2O2S. The average molecular weight is 481 g/mol. The molecule has 0 aliphatic carbocycles. The lowest BCUT2D eigenvalue weighted by atomic mass is 10.0. The number of carbonyl (C=O) groups is 2. The van der Waals surface area contributed by atoms with Gasteiger partial charge in [0.1, 0.15) is 0 Å². The molecule has 0 saturated carbocycles. The van der Waals surface area contributed by atoms with E-state index in [0.29, 0.717) is 4.91 Å². The zero-order chi connectivity index (χ0) is 24.9. The van der Waals surface area contributed by atoms with Gasteiger partial charge >= 0.3 is 0 Å². The van der Waals surface area contributed by atoms with Crippen LogP contribution in [0.25, 0.3) is 22.5 Å². The Kier molecular flexibility index (Phi) is 5.89. The molecule has 0 atom stereocenters. The van der Waals surface area contributed by atoms with E-state index in [4.69, 9.17) is 0 Å². The second kappa shape index (κ2) is 8.90. The van der Waals surface area contributed by atoms with E-state index in [1.807, 2.05) is 48.5 Å². The molecule has 2 amide bonds. The molecule has 1 aliphatic heterocycles. The third-order valence-electron chi connectivity index (χ3n) is 6.70. The van der Waals surface area contributed by atoms with Gasteiger partial charge in [-0.05, 0) is 91.5 Å². The molecule has 176 valence electrons. The van der Waals surface area contributed by atoms with E-state index in [1.54, 1.807) is 0 Å². The van der Waals surface area contributed by atoms with Gasteiger partial charge in [0.25, 0.3) is 11.1 Å². The predicted octanol–water partition coefficient (Wildman–Crippen LogP) is 7.41. The van der Waals surface area contributed by atoms with Gasteiger partial charge in [-0.25, -0.2) is 0 Å². The van der Waals surface area contributed by atoms with Crippen LogP contribution in [-0.4, -0.2) is 20.6 Å². The van der Waals surface area contributed by atoms with E-state index in [-0.39, 0.29) is 17.7 Å². The summed E-state index contributed by atoms with van der Waals surface area (Å²) in [6.45, 7) is 10.8. The van der Waals surface area contributed by atoms with Gasteiger partial charge in [0.15, 0.2) is 0 Å². The van der Waals surface area contributed by atoms with Gasteiger partial charge in [-0.3, -0.25) is 14.5 Å². The van der Waals surface area contributed by atoms with Gasteiger partial charge < -0.3 is 4.57 Å². The van der Waals surface area contributed by atoms with Crippen LogP contribution >= 0.6 is 11.8 Å². The first-order valence-electron chi connectivity index (χ1n) is 11.7. The number of fused-ring (bicyclic) bond motifs is 1. The number of carbonyl (C=O) groups excluding carboxylic acids is 2. The van der Waals surface area contributed by atoms with Gasteiger partial charge in [0, 0.05) is 11.4 Å². The number of benzene rings is 3. The molecular weight excluding hydrogens is 452 g/mol. The van der Waals surface area contributed by atoms with E-state index in [9.17, 15) is 9.59 Å². The molecule has 1 saturated heterocycles. The number of imide groups is 1. The SMILES string of the molecule is Cc1cc(C)c(-n2c(C)cc(/C=C3/SC(=O)N(Cc4cccc5ccccc45)C3=O)c2C)c(C)c1. The fraction of sp³-hybridized carbons (Fsp3) is 0.200. The number of hydrogen-bond donors (Lipinski definition) is 0. The van der Waals surface area contributed by atoms with Crippen LogP contribution in [0.3, 0.4) is 0 Å². The van der Waals surface area contributed by atoms with Crippen molar-refractivity contribution in [2.45, 2.75) is 41.2 Å². The van der Waals surface area contributed by atoms with Crippen LogP contribution in [0.5, 0.6) is 0 Å². The molecule has 0 radical (unpaired) electrons. The van der Waals surface area contributed by atoms with Gasteiger partial charge in [0.2, 0.25) is 0 Å². The fourth-order valence-electron chi connectivity index (χ4n) is 5.18. The Bertz CT molecular complexity index is 1520. The molecule has 1 fully saturated rings. The first-order valence-corrected chi connectivity index (χ1v) is 12.6. The maximum Gasteiger partial charge on any atom is 0.293 e. The highest BCUT2D eigenvalue weighted by Crippen LogP contribution is 2.36. The molecule has 5 rings (SSSR count). The van der Waals surface area contributed by atoms with Crippen LogP contribution in [0.2, 0.25) is 0 Å². The molecule has 0 unspecified atom stereocenters. The van der Waals surface area contributed by atoms with Crippen molar-refractivity contribution >= 4 is 39.8 Å². The summed E-state index contributed by atoms with van der Waals surface area (Å²) in [6.07, 6.45) is 1.87. The van der Waals surface area contributed by atoms with Crippen molar-refractivity contribution in [2.24, 2.45) is 0 Å². The van der Waals surface area contributed by atoms with Crippen molar-refractivity contribution < 1.29 is 9.59 Å². The Labute approximate surface area is 210 Å². The van der Waals surface area contributed by atoms with Crippen LogP contribution in [-0.2, 0) is 11.3 Å². The molecule has 3 aromatic carbocycles. The normalized spacial score (nSPS) is 15.1. The van der Waals surface area contributed by atoms with Gasteiger partial charge in [-0.15, -0.1) is 0 Å². The molecule has 1 aliphatic rings. The standard InChI is InChI=1S/C30H28N2O2S/c1-18-13-19(2)28(20(3)14-18)32-21(4)15-25(22(32)5)16-27-29(33)31(30(34)35-27)17-24-11-8-10-23-9-6-7-12-26(23)24/h6-16H,17H2,1-5H3/b27-16+. The van der Waals surface area contributed by atoms with Gasteiger partial charge in [-0.1, -0.05) is 60.2 Å². The number of hydrogen-bond acceptors (Lipinski definition) is 3. The van der Waals surface area contributed by atoms with Crippen molar-refractivity contribution in [3.8, 4) is 5.69 Å². The molecule has 35 heavy (non-hydrogen) atoms. The highest BCUT2D eigenvalue weighted by Gasteiger charge is 2.35. The number of aryl methyl sites for hydroxylation is 4. The van der Waals surface area contributed by atoms with E-state index in [1.165, 1.54) is 27.3 Å². The lowest BCUT2D eigenvalue weighted by Crippen LogP contribution is -2.27. The van der Waals surface area contributed by atoms with E-state index in [2.05, 4.69) is 57.4 Å². The Morgan fingerprint density at radius 1 is 0.857 bits per heavy atom. The van der Waals surface area contributed by atoms with Crippen molar-refractivity contribution in [2.75, 3.05) is 0 Å². The zero-order valence-corrected chi connectivity index (χ0v) is 21.5. The summed E-state index contributed by atoms with van der Waals surface area (Å²) in [5.74, 6) is -0.236. The molecule has 0 N–H and O–H groups in total. The van der Waals surface area contributed by atoms with E-state index < -0.39 is 0 Å². The van der Waals surface area contributed by atoms with Crippen LogP contribution in [0.15, 0.2) is 65.6 Å². The zero-order valence-electron chi connectivity index (χ0n) is 20.7. The summed E-state index contributed by atoms with van der Waals surface area (Å²) in [5.41, 5.74) is 8.92. The summed E-state index contributed by atoms with van der Waals surface area (Å²) in [5, 5.41) is 1.93. The summed E-state index contributed by atoms with van der Waals surface area (Å²) in [7, 11) is 0. The Balaban J connectivity index is 1.48. The number of amides is 2. The number of rotatable bonds is 4. The van der Waals surface area contributed by atoms with Gasteiger partial charge in [-0.2, -0.15) is 0 Å². The highest BCUT2D eigenvalue weighted by atomic mass is 32.2. The number of thioether (sulfide) groups is 1. The third kappa shape index (κ3) is 4.10. The first kappa shape index (κ1) is 23.2. The lowest BCUT2D eigenvalue weighted by Gasteiger charge is -2.17. The maximum atomic E-state index is 13.3. The maximum absolute atomic E-state index is 13.3. The highest BCUT2D eigenvalue weighted by molar-refractivity contribution is 8.18. The Hall–Kier alpha value is -3.57. The first-order chi connectivity index (χ1) is 16.7. The molecule has 1 aromatic heterocycles. The van der Waals surface area contributed by atoms with Gasteiger partial charge in [0.05, 0.1) is 17.1 Å². The third-order valence-corrected chi connectivity index (χ3v) is 7.61. The van der Waals surface area contributed by atoms with Crippen molar-refractivity contribution in [1.29, 1.82) is 0 Å². The average Bonchev–Trinajstić information content (AvgIpc) is 3.23. The summed E-state index contributed by atoms with van der Waals surface area (Å²) >= 11 is 1.02. The topological polar surface area (TPSA) is 42.3 Å². The quantitative estimate of drug-likeness (QED) is 0.286. The monoisotopic (exact) mass is 480 g/mol. The fourth-order valence-corrected chi connectivity index (χ4v) is 6.01. The predicted molar refractivity (Wildman–Crippen MR) is 145 cm³/mol. The van der Waals surface area contributed by atoms with Crippen LogP contribution in [0.4, 0.5) is 4.79 Å². The number of nitrogens with zero attached hydrogens (tertiary/aromatic N) is 2. The minimum absolute atomic E-state index is 0.229. The molecule has 2 heterocycles. The smallest absolute Gasteiger partial charge is 0.293 e. The second-order valence-electron chi connectivity index (χ2n) is 9.32. The molecule has 4 nitrogen and oxygen atoms in total. The van der Waals surface area contributed by atoms with E-state index in [0.717, 1.165) is 45.0 Å². The van der Waals surface area contributed by atoms with Crippen molar-refractivity contribution in [1.82, 2.24) is 9.47 Å². The van der Waals surface area contributed by atoms with Crippen molar-refractivity contribution in [3.63, 3.8) is 0 Å². The Morgan fingerprint density at radius 2 is 1.54 bits per heavy atom. The second-order valence-corrected chi connectivity index (χ2v) is 10.3.